The van der Waals surface area contributed by atoms with E-state index in [-0.39, 0.29) is 0 Å². The van der Waals surface area contributed by atoms with Gasteiger partial charge in [-0.1, -0.05) is 25.3 Å². The fraction of sp³-hybridized carbons (Fsp3) is 0.562. The fourth-order valence-corrected chi connectivity index (χ4v) is 3.33. The van der Waals surface area contributed by atoms with Crippen molar-refractivity contribution < 1.29 is 4.74 Å². The van der Waals surface area contributed by atoms with Crippen LogP contribution < -0.4 is 0 Å². The van der Waals surface area contributed by atoms with E-state index in [9.17, 15) is 0 Å². The van der Waals surface area contributed by atoms with Gasteiger partial charge >= 0.3 is 0 Å². The molecule has 0 amide bonds. The lowest BCUT2D eigenvalue weighted by Gasteiger charge is -2.22. The topological polar surface area (TPSA) is 29.9 Å². The largest absolute Gasteiger partial charge is 0.376 e. The van der Waals surface area contributed by atoms with Gasteiger partial charge in [0.15, 0.2) is 4.77 Å². The third-order valence-electron chi connectivity index (χ3n) is 4.15. The van der Waals surface area contributed by atoms with E-state index in [0.29, 0.717) is 6.10 Å². The zero-order valence-electron chi connectivity index (χ0n) is 12.0. The Labute approximate surface area is 125 Å². The lowest BCUT2D eigenvalue weighted by atomic mass is 9.98. The van der Waals surface area contributed by atoms with Crippen LogP contribution in [0.25, 0.3) is 11.0 Å². The number of ether oxygens (including phenoxy) is 1. The van der Waals surface area contributed by atoms with Crippen LogP contribution in [0.5, 0.6) is 0 Å². The second kappa shape index (κ2) is 6.10. The van der Waals surface area contributed by atoms with Crippen LogP contribution in [0.15, 0.2) is 18.2 Å². The highest BCUT2D eigenvalue weighted by Gasteiger charge is 2.13. The van der Waals surface area contributed by atoms with Crippen LogP contribution in [0.1, 0.15) is 37.7 Å². The molecule has 0 spiro atoms. The standard InChI is InChI=1S/C16H22N2OS/c1-12-7-8-14-15(11-12)18(16(20)17-14)9-10-19-13-5-3-2-4-6-13/h7-8,11,13H,2-6,9-10H2,1H3,(H,17,20). The van der Waals surface area contributed by atoms with E-state index in [0.717, 1.165) is 23.4 Å². The average Bonchev–Trinajstić information content (AvgIpc) is 2.76. The maximum atomic E-state index is 6.01. The summed E-state index contributed by atoms with van der Waals surface area (Å²) in [6, 6.07) is 6.39. The van der Waals surface area contributed by atoms with Gasteiger partial charge in [0.25, 0.3) is 0 Å². The molecular formula is C16H22N2OS. The van der Waals surface area contributed by atoms with Gasteiger partial charge in [-0.15, -0.1) is 0 Å². The Bertz CT molecular complexity index is 637. The first-order valence-electron chi connectivity index (χ1n) is 7.55. The van der Waals surface area contributed by atoms with Gasteiger partial charge in [0.2, 0.25) is 0 Å². The lowest BCUT2D eigenvalue weighted by Crippen LogP contribution is -2.19. The summed E-state index contributed by atoms with van der Waals surface area (Å²) in [5.41, 5.74) is 3.55. The maximum Gasteiger partial charge on any atom is 0.178 e. The monoisotopic (exact) mass is 290 g/mol. The second-order valence-electron chi connectivity index (χ2n) is 5.73. The number of aromatic nitrogens is 2. The highest BCUT2D eigenvalue weighted by Crippen LogP contribution is 2.21. The maximum absolute atomic E-state index is 6.01. The molecule has 4 heteroatoms. The Morgan fingerprint density at radius 2 is 2.10 bits per heavy atom. The van der Waals surface area contributed by atoms with E-state index >= 15 is 0 Å². The van der Waals surface area contributed by atoms with E-state index in [1.165, 1.54) is 43.2 Å². The predicted octanol–water partition coefficient (Wildman–Crippen LogP) is 4.36. The van der Waals surface area contributed by atoms with Crippen molar-refractivity contribution in [3.05, 3.63) is 28.5 Å². The molecule has 2 aromatic rings. The molecule has 3 nitrogen and oxygen atoms in total. The number of aromatic amines is 1. The number of nitrogens with one attached hydrogen (secondary N) is 1. The number of benzene rings is 1. The number of aryl methyl sites for hydroxylation is 1. The molecule has 1 aromatic carbocycles. The number of imidazole rings is 1. The first-order valence-corrected chi connectivity index (χ1v) is 7.95. The summed E-state index contributed by atoms with van der Waals surface area (Å²) in [4.78, 5) is 3.26. The number of H-pyrrole nitrogens is 1. The van der Waals surface area contributed by atoms with Gasteiger partial charge in [-0.25, -0.2) is 0 Å². The van der Waals surface area contributed by atoms with Gasteiger partial charge in [-0.2, -0.15) is 0 Å². The van der Waals surface area contributed by atoms with Crippen LogP contribution in [0.2, 0.25) is 0 Å². The summed E-state index contributed by atoms with van der Waals surface area (Å²) in [7, 11) is 0. The minimum atomic E-state index is 0.463. The van der Waals surface area contributed by atoms with Crippen LogP contribution in [0, 0.1) is 11.7 Å². The summed E-state index contributed by atoms with van der Waals surface area (Å²) in [5, 5.41) is 0. The fourth-order valence-electron chi connectivity index (χ4n) is 3.03. The molecular weight excluding hydrogens is 268 g/mol. The van der Waals surface area contributed by atoms with Crippen molar-refractivity contribution in [2.75, 3.05) is 6.61 Å². The molecule has 0 bridgehead atoms. The third kappa shape index (κ3) is 2.96. The molecule has 3 rings (SSSR count). The molecule has 0 radical (unpaired) electrons. The van der Waals surface area contributed by atoms with Crippen LogP contribution >= 0.6 is 12.2 Å². The zero-order chi connectivity index (χ0) is 13.9. The van der Waals surface area contributed by atoms with Crippen molar-refractivity contribution >= 4 is 23.3 Å². The smallest absolute Gasteiger partial charge is 0.178 e. The summed E-state index contributed by atoms with van der Waals surface area (Å²) in [5.74, 6) is 0. The molecule has 20 heavy (non-hydrogen) atoms. The minimum absolute atomic E-state index is 0.463. The first-order chi connectivity index (χ1) is 9.74. The average molecular weight is 290 g/mol. The van der Waals surface area contributed by atoms with E-state index in [2.05, 4.69) is 34.7 Å². The molecule has 1 saturated carbocycles. The lowest BCUT2D eigenvalue weighted by molar-refractivity contribution is 0.0243. The molecule has 0 atom stereocenters. The van der Waals surface area contributed by atoms with Gasteiger partial charge in [-0.3, -0.25) is 0 Å². The van der Waals surface area contributed by atoms with Crippen LogP contribution in [0.3, 0.4) is 0 Å². The highest BCUT2D eigenvalue weighted by atomic mass is 32.1. The van der Waals surface area contributed by atoms with E-state index in [4.69, 9.17) is 17.0 Å². The first kappa shape index (κ1) is 13.8. The molecule has 1 fully saturated rings. The Balaban J connectivity index is 1.69. The molecule has 1 aromatic heterocycles. The third-order valence-corrected chi connectivity index (χ3v) is 4.47. The highest BCUT2D eigenvalue weighted by molar-refractivity contribution is 7.71. The Kier molecular flexibility index (Phi) is 4.22. The van der Waals surface area contributed by atoms with Crippen LogP contribution in [-0.2, 0) is 11.3 Å². The Hall–Kier alpha value is -1.13. The number of rotatable bonds is 4. The van der Waals surface area contributed by atoms with Crippen LogP contribution in [-0.4, -0.2) is 22.3 Å². The summed E-state index contributed by atoms with van der Waals surface area (Å²) in [6.45, 7) is 3.69. The Morgan fingerprint density at radius 3 is 2.90 bits per heavy atom. The van der Waals surface area contributed by atoms with Crippen molar-refractivity contribution in [1.82, 2.24) is 9.55 Å². The molecule has 1 aliphatic rings. The van der Waals surface area contributed by atoms with Gasteiger partial charge < -0.3 is 14.3 Å². The molecule has 108 valence electrons. The van der Waals surface area contributed by atoms with E-state index in [1.807, 2.05) is 0 Å². The zero-order valence-corrected chi connectivity index (χ0v) is 12.8. The molecule has 0 unspecified atom stereocenters. The van der Waals surface area contributed by atoms with Gasteiger partial charge in [0.1, 0.15) is 0 Å². The van der Waals surface area contributed by atoms with Crippen molar-refractivity contribution in [1.29, 1.82) is 0 Å². The number of hydrogen-bond acceptors (Lipinski definition) is 2. The molecule has 0 aliphatic heterocycles. The second-order valence-corrected chi connectivity index (χ2v) is 6.12. The van der Waals surface area contributed by atoms with Crippen molar-refractivity contribution in [3.8, 4) is 0 Å². The quantitative estimate of drug-likeness (QED) is 0.848. The number of fused-ring (bicyclic) bond motifs is 1. The van der Waals surface area contributed by atoms with Crippen LogP contribution in [0.4, 0.5) is 0 Å². The number of hydrogen-bond donors (Lipinski definition) is 1. The summed E-state index contributed by atoms with van der Waals surface area (Å²) < 4.78 is 8.95. The Morgan fingerprint density at radius 1 is 1.30 bits per heavy atom. The van der Waals surface area contributed by atoms with Crippen molar-refractivity contribution in [3.63, 3.8) is 0 Å². The molecule has 1 heterocycles. The molecule has 1 aliphatic carbocycles. The normalized spacial score (nSPS) is 16.9. The van der Waals surface area contributed by atoms with E-state index < -0.39 is 0 Å². The predicted molar refractivity (Wildman–Crippen MR) is 84.7 cm³/mol. The SMILES string of the molecule is Cc1ccc2[nH]c(=S)n(CCOC3CCCCC3)c2c1. The van der Waals surface area contributed by atoms with Crippen molar-refractivity contribution in [2.45, 2.75) is 51.7 Å². The van der Waals surface area contributed by atoms with Crippen molar-refractivity contribution in [2.24, 2.45) is 0 Å². The summed E-state index contributed by atoms with van der Waals surface area (Å²) in [6.07, 6.45) is 6.90. The molecule has 1 N–H and O–H groups in total. The van der Waals surface area contributed by atoms with E-state index in [1.54, 1.807) is 0 Å². The summed E-state index contributed by atoms with van der Waals surface area (Å²) >= 11 is 5.42. The minimum Gasteiger partial charge on any atom is -0.376 e. The molecule has 0 saturated heterocycles. The van der Waals surface area contributed by atoms with Gasteiger partial charge in [0.05, 0.1) is 23.7 Å². The van der Waals surface area contributed by atoms with Gasteiger partial charge in [-0.05, 0) is 49.7 Å². The number of nitrogens with zero attached hydrogens (tertiary/aromatic N) is 1. The van der Waals surface area contributed by atoms with Gasteiger partial charge in [0, 0.05) is 6.54 Å².